The lowest BCUT2D eigenvalue weighted by atomic mass is 9.97. The number of hydrogen-bond acceptors (Lipinski definition) is 5. The number of aliphatic hydroxyl groups excluding tert-OH is 1. The molecule has 0 aromatic heterocycles. The summed E-state index contributed by atoms with van der Waals surface area (Å²) in [4.78, 5) is 4.97. The van der Waals surface area contributed by atoms with Crippen molar-refractivity contribution in [2.75, 3.05) is 39.4 Å². The van der Waals surface area contributed by atoms with Crippen molar-refractivity contribution in [1.82, 2.24) is 9.80 Å². The van der Waals surface area contributed by atoms with Crippen molar-refractivity contribution in [3.63, 3.8) is 0 Å². The molecule has 4 saturated heterocycles. The topological polar surface area (TPSA) is 45.2 Å². The highest BCUT2D eigenvalue weighted by molar-refractivity contribution is 4.92. The van der Waals surface area contributed by atoms with Gasteiger partial charge >= 0.3 is 0 Å². The molecule has 126 valence electrons. The highest BCUT2D eigenvalue weighted by Gasteiger charge is 2.39. The van der Waals surface area contributed by atoms with Crippen LogP contribution in [0.1, 0.15) is 38.5 Å². The minimum atomic E-state index is -0.251. The normalized spacial score (nSPS) is 40.1. The van der Waals surface area contributed by atoms with E-state index in [1.165, 1.54) is 25.7 Å². The Hall–Kier alpha value is -0.200. The van der Waals surface area contributed by atoms with Crippen LogP contribution in [0.5, 0.6) is 0 Å². The van der Waals surface area contributed by atoms with Gasteiger partial charge in [-0.3, -0.25) is 9.80 Å². The molecule has 0 aromatic rings. The van der Waals surface area contributed by atoms with E-state index in [1.54, 1.807) is 0 Å². The highest BCUT2D eigenvalue weighted by Crippen LogP contribution is 2.30. The van der Waals surface area contributed by atoms with Gasteiger partial charge in [0.05, 0.1) is 18.3 Å². The molecule has 4 rings (SSSR count). The lowest BCUT2D eigenvalue weighted by Crippen LogP contribution is -2.53. The zero-order chi connectivity index (χ0) is 14.9. The molecule has 0 radical (unpaired) electrons. The molecule has 0 aliphatic carbocycles. The van der Waals surface area contributed by atoms with Crippen molar-refractivity contribution in [3.05, 3.63) is 0 Å². The van der Waals surface area contributed by atoms with E-state index in [4.69, 9.17) is 9.47 Å². The largest absolute Gasteiger partial charge is 0.390 e. The van der Waals surface area contributed by atoms with Crippen molar-refractivity contribution in [2.24, 2.45) is 0 Å². The van der Waals surface area contributed by atoms with Crippen LogP contribution >= 0.6 is 0 Å². The van der Waals surface area contributed by atoms with Crippen molar-refractivity contribution in [1.29, 1.82) is 0 Å². The first-order valence-electron chi connectivity index (χ1n) is 9.20. The Labute approximate surface area is 133 Å². The Morgan fingerprint density at radius 3 is 1.82 bits per heavy atom. The van der Waals surface area contributed by atoms with E-state index in [1.807, 2.05) is 0 Å². The molecular weight excluding hydrogens is 280 g/mol. The third-order valence-corrected chi connectivity index (χ3v) is 6.05. The number of ether oxygens (including phenoxy) is 2. The number of hydrogen-bond donors (Lipinski definition) is 1. The van der Waals surface area contributed by atoms with Crippen molar-refractivity contribution >= 4 is 0 Å². The molecule has 0 amide bonds. The fourth-order valence-corrected chi connectivity index (χ4v) is 5.04. The molecule has 0 saturated carbocycles. The lowest BCUT2D eigenvalue weighted by molar-refractivity contribution is -0.0198. The van der Waals surface area contributed by atoms with Gasteiger partial charge in [0.1, 0.15) is 0 Å². The smallest absolute Gasteiger partial charge is 0.0794 e. The Bertz CT molecular complexity index is 347. The molecule has 0 aromatic carbocycles. The maximum atomic E-state index is 10.6. The van der Waals surface area contributed by atoms with Gasteiger partial charge in [-0.2, -0.15) is 0 Å². The van der Waals surface area contributed by atoms with Gasteiger partial charge in [-0.25, -0.2) is 0 Å². The fourth-order valence-electron chi connectivity index (χ4n) is 5.04. The first-order valence-corrected chi connectivity index (χ1v) is 9.20. The Kier molecular flexibility index (Phi) is 4.69. The summed E-state index contributed by atoms with van der Waals surface area (Å²) in [5.74, 6) is 0. The Morgan fingerprint density at radius 2 is 1.32 bits per heavy atom. The lowest BCUT2D eigenvalue weighted by Gasteiger charge is -2.40. The maximum absolute atomic E-state index is 10.6. The molecule has 4 fully saturated rings. The molecule has 22 heavy (non-hydrogen) atoms. The molecule has 0 unspecified atom stereocenters. The summed E-state index contributed by atoms with van der Waals surface area (Å²) in [7, 11) is 0. The number of likely N-dealkylation sites (tertiary alicyclic amines) is 2. The molecule has 4 atom stereocenters. The number of piperidine rings is 2. The number of fused-ring (bicyclic) bond motifs is 2. The number of rotatable bonds is 4. The van der Waals surface area contributed by atoms with Gasteiger partial charge < -0.3 is 14.6 Å². The molecule has 0 bridgehead atoms. The van der Waals surface area contributed by atoms with Gasteiger partial charge in [0, 0.05) is 38.4 Å². The molecule has 5 heteroatoms. The first kappa shape index (κ1) is 15.3. The molecule has 4 heterocycles. The third-order valence-electron chi connectivity index (χ3n) is 6.05. The molecule has 4 aliphatic heterocycles. The van der Waals surface area contributed by atoms with E-state index in [2.05, 4.69) is 9.80 Å². The van der Waals surface area contributed by atoms with E-state index >= 15 is 0 Å². The number of β-amino-alcohol motifs (C(OH)–C–C–N with tert-alkyl or cyclic N) is 1. The van der Waals surface area contributed by atoms with E-state index < -0.39 is 0 Å². The second kappa shape index (κ2) is 6.73. The van der Waals surface area contributed by atoms with Crippen LogP contribution in [0.2, 0.25) is 0 Å². The Morgan fingerprint density at radius 1 is 0.818 bits per heavy atom. The van der Waals surface area contributed by atoms with Crippen LogP contribution in [0, 0.1) is 0 Å². The van der Waals surface area contributed by atoms with Gasteiger partial charge in [0.2, 0.25) is 0 Å². The van der Waals surface area contributed by atoms with Crippen LogP contribution in [-0.2, 0) is 9.47 Å². The molecule has 4 aliphatic rings. The third kappa shape index (κ3) is 3.06. The quantitative estimate of drug-likeness (QED) is 0.834. The monoisotopic (exact) mass is 310 g/mol. The maximum Gasteiger partial charge on any atom is 0.0794 e. The summed E-state index contributed by atoms with van der Waals surface area (Å²) < 4.78 is 11.7. The second-order valence-corrected chi connectivity index (χ2v) is 7.46. The summed E-state index contributed by atoms with van der Waals surface area (Å²) in [6.07, 6.45) is 7.67. The van der Waals surface area contributed by atoms with E-state index in [0.29, 0.717) is 24.3 Å². The van der Waals surface area contributed by atoms with Crippen LogP contribution in [0.15, 0.2) is 0 Å². The number of aliphatic hydroxyl groups is 1. The first-order chi connectivity index (χ1) is 10.8. The standard InChI is InChI=1S/C17H30N2O3/c20-13(11-18-7-1-3-16-14(18)5-9-21-16)12-19-8-2-4-17-15(19)6-10-22-17/h13-17,20H,1-12H2/t14-,15-,16-,17-/m1/s1. The van der Waals surface area contributed by atoms with E-state index in [-0.39, 0.29) is 6.10 Å². The van der Waals surface area contributed by atoms with Crippen LogP contribution in [0.3, 0.4) is 0 Å². The molecule has 5 nitrogen and oxygen atoms in total. The minimum Gasteiger partial charge on any atom is -0.390 e. The molecular formula is C17H30N2O3. The van der Waals surface area contributed by atoms with Crippen LogP contribution in [0.25, 0.3) is 0 Å². The molecule has 0 spiro atoms. The predicted molar refractivity (Wildman–Crippen MR) is 83.9 cm³/mol. The van der Waals surface area contributed by atoms with Crippen LogP contribution < -0.4 is 0 Å². The van der Waals surface area contributed by atoms with E-state index in [9.17, 15) is 5.11 Å². The van der Waals surface area contributed by atoms with Gasteiger partial charge in [0.15, 0.2) is 0 Å². The summed E-state index contributed by atoms with van der Waals surface area (Å²) in [6.45, 7) is 5.65. The van der Waals surface area contributed by atoms with Crippen molar-refractivity contribution in [3.8, 4) is 0 Å². The Balaban J connectivity index is 1.31. The van der Waals surface area contributed by atoms with Gasteiger partial charge in [-0.15, -0.1) is 0 Å². The minimum absolute atomic E-state index is 0.251. The van der Waals surface area contributed by atoms with Crippen LogP contribution in [-0.4, -0.2) is 84.7 Å². The SMILES string of the molecule is OC(CN1CCC[C@H]2OCC[C@H]21)CN1CCC[C@H]2OCC[C@H]21. The zero-order valence-electron chi connectivity index (χ0n) is 13.5. The second-order valence-electron chi connectivity index (χ2n) is 7.46. The van der Waals surface area contributed by atoms with Crippen LogP contribution in [0.4, 0.5) is 0 Å². The highest BCUT2D eigenvalue weighted by atomic mass is 16.5. The average molecular weight is 310 g/mol. The summed E-state index contributed by atoms with van der Waals surface area (Å²) in [6, 6.07) is 1.10. The van der Waals surface area contributed by atoms with Gasteiger partial charge in [-0.1, -0.05) is 0 Å². The number of nitrogens with zero attached hydrogens (tertiary/aromatic N) is 2. The fraction of sp³-hybridized carbons (Fsp3) is 1.00. The molecule has 1 N–H and O–H groups in total. The predicted octanol–water partition coefficient (Wildman–Crippen LogP) is 0.854. The van der Waals surface area contributed by atoms with Gasteiger partial charge in [-0.05, 0) is 51.6 Å². The average Bonchev–Trinajstić information content (AvgIpc) is 3.16. The summed E-state index contributed by atoms with van der Waals surface area (Å²) in [5, 5.41) is 10.6. The van der Waals surface area contributed by atoms with Gasteiger partial charge in [0.25, 0.3) is 0 Å². The van der Waals surface area contributed by atoms with Crippen molar-refractivity contribution < 1.29 is 14.6 Å². The summed E-state index contributed by atoms with van der Waals surface area (Å²) >= 11 is 0. The van der Waals surface area contributed by atoms with E-state index in [0.717, 1.165) is 52.2 Å². The summed E-state index contributed by atoms with van der Waals surface area (Å²) in [5.41, 5.74) is 0. The zero-order valence-corrected chi connectivity index (χ0v) is 13.5. The van der Waals surface area contributed by atoms with Crippen molar-refractivity contribution in [2.45, 2.75) is 68.9 Å².